The van der Waals surface area contributed by atoms with Gasteiger partial charge in [-0.05, 0) is 85.8 Å². The summed E-state index contributed by atoms with van der Waals surface area (Å²) in [4.78, 5) is 4.76. The third-order valence-electron chi connectivity index (χ3n) is 7.11. The summed E-state index contributed by atoms with van der Waals surface area (Å²) in [5.74, 6) is 1.47. The van der Waals surface area contributed by atoms with Crippen LogP contribution in [0.1, 0.15) is 48.4 Å². The fourth-order valence-corrected chi connectivity index (χ4v) is 5.35. The number of para-hydroxylation sites is 1. The van der Waals surface area contributed by atoms with Gasteiger partial charge in [-0.15, -0.1) is 0 Å². The fraction of sp³-hybridized carbons (Fsp3) is 0.379. The highest BCUT2D eigenvalue weighted by molar-refractivity contribution is 5.66. The molecule has 0 bridgehead atoms. The van der Waals surface area contributed by atoms with Crippen LogP contribution in [0.25, 0.3) is 0 Å². The van der Waals surface area contributed by atoms with Crippen molar-refractivity contribution in [1.29, 1.82) is 0 Å². The molecule has 0 spiro atoms. The number of aromatic hydroxyl groups is 2. The lowest BCUT2D eigenvalue weighted by Gasteiger charge is -2.39. The van der Waals surface area contributed by atoms with E-state index in [0.29, 0.717) is 18.9 Å². The van der Waals surface area contributed by atoms with Crippen LogP contribution in [0.15, 0.2) is 66.7 Å². The van der Waals surface area contributed by atoms with E-state index in [0.717, 1.165) is 47.5 Å². The molecule has 34 heavy (non-hydrogen) atoms. The Hall–Kier alpha value is -3.18. The summed E-state index contributed by atoms with van der Waals surface area (Å²) in [5.41, 5.74) is 4.27. The van der Waals surface area contributed by atoms with E-state index in [2.05, 4.69) is 34.1 Å². The number of nitrogens with zero attached hydrogens (tertiary/aromatic N) is 2. The minimum atomic E-state index is 0.0772. The molecule has 5 nitrogen and oxygen atoms in total. The van der Waals surface area contributed by atoms with E-state index >= 15 is 0 Å². The summed E-state index contributed by atoms with van der Waals surface area (Å²) in [6.45, 7) is 4.74. The van der Waals surface area contributed by atoms with E-state index in [-0.39, 0.29) is 11.8 Å². The average Bonchev–Trinajstić information content (AvgIpc) is 2.86. The molecule has 0 aromatic heterocycles. The van der Waals surface area contributed by atoms with Gasteiger partial charge in [0.15, 0.2) is 0 Å². The molecule has 178 valence electrons. The Balaban J connectivity index is 1.31. The number of ether oxygens (including phenoxy) is 1. The highest BCUT2D eigenvalue weighted by atomic mass is 16.5. The number of hydrogen-bond donors (Lipinski definition) is 2. The molecular formula is C29H34N2O3. The van der Waals surface area contributed by atoms with Crippen molar-refractivity contribution >= 4 is 5.69 Å². The lowest BCUT2D eigenvalue weighted by atomic mass is 9.90. The Labute approximate surface area is 202 Å². The second-order valence-electron chi connectivity index (χ2n) is 9.46. The van der Waals surface area contributed by atoms with Gasteiger partial charge < -0.3 is 19.8 Å². The smallest absolute Gasteiger partial charge is 0.139 e. The molecule has 0 saturated carbocycles. The number of phenols is 2. The Morgan fingerprint density at radius 2 is 1.68 bits per heavy atom. The molecule has 5 heteroatoms. The molecule has 0 aliphatic carbocycles. The lowest BCUT2D eigenvalue weighted by Crippen LogP contribution is -2.33. The van der Waals surface area contributed by atoms with Gasteiger partial charge in [0.2, 0.25) is 0 Å². The third kappa shape index (κ3) is 5.15. The first-order valence-electron chi connectivity index (χ1n) is 12.5. The van der Waals surface area contributed by atoms with Gasteiger partial charge in [0.05, 0.1) is 11.7 Å². The molecule has 0 radical (unpaired) electrons. The van der Waals surface area contributed by atoms with Gasteiger partial charge >= 0.3 is 0 Å². The van der Waals surface area contributed by atoms with Crippen LogP contribution in [0.2, 0.25) is 0 Å². The van der Waals surface area contributed by atoms with Crippen LogP contribution in [-0.2, 0) is 13.0 Å². The molecule has 2 N–H and O–H groups in total. The van der Waals surface area contributed by atoms with Crippen molar-refractivity contribution in [3.05, 3.63) is 83.4 Å². The predicted octanol–water partition coefficient (Wildman–Crippen LogP) is 5.66. The second kappa shape index (κ2) is 10.4. The van der Waals surface area contributed by atoms with Crippen LogP contribution in [0.4, 0.5) is 5.69 Å². The molecule has 0 amide bonds. The molecule has 1 atom stereocenters. The van der Waals surface area contributed by atoms with Crippen molar-refractivity contribution < 1.29 is 14.9 Å². The van der Waals surface area contributed by atoms with Crippen molar-refractivity contribution in [2.45, 2.75) is 44.7 Å². The summed E-state index contributed by atoms with van der Waals surface area (Å²) < 4.78 is 6.01. The number of fused-ring (bicyclic) bond motifs is 1. The molecular weight excluding hydrogens is 424 g/mol. The minimum absolute atomic E-state index is 0.0772. The lowest BCUT2D eigenvalue weighted by molar-refractivity contribution is 0.183. The van der Waals surface area contributed by atoms with Gasteiger partial charge in [0.1, 0.15) is 23.9 Å². The predicted molar refractivity (Wildman–Crippen MR) is 136 cm³/mol. The van der Waals surface area contributed by atoms with Gasteiger partial charge in [-0.1, -0.05) is 42.8 Å². The van der Waals surface area contributed by atoms with Crippen molar-refractivity contribution in [2.75, 3.05) is 31.1 Å². The van der Waals surface area contributed by atoms with Crippen LogP contribution in [-0.4, -0.2) is 41.4 Å². The molecule has 3 aromatic carbocycles. The SMILES string of the molecule is Oc1cccc(C2CCc3cccc(O)c3N2Cc2ccc(OCCN3CCCCC3)cc2)c1. The van der Waals surface area contributed by atoms with Gasteiger partial charge in [0.25, 0.3) is 0 Å². The summed E-state index contributed by atoms with van der Waals surface area (Å²) >= 11 is 0. The Morgan fingerprint density at radius 1 is 0.882 bits per heavy atom. The van der Waals surface area contributed by atoms with Gasteiger partial charge in [-0.25, -0.2) is 0 Å². The number of phenolic OH excluding ortho intramolecular Hbond substituents is 2. The zero-order valence-corrected chi connectivity index (χ0v) is 19.7. The maximum absolute atomic E-state index is 10.8. The standard InChI is InChI=1S/C29H34N2O3/c32-25-8-4-7-24(20-25)27-15-12-23-6-5-9-28(33)29(23)31(27)21-22-10-13-26(14-11-22)34-19-18-30-16-2-1-3-17-30/h4-11,13-14,20,27,32-33H,1-3,12,15-19,21H2. The maximum Gasteiger partial charge on any atom is 0.139 e. The fourth-order valence-electron chi connectivity index (χ4n) is 5.35. The van der Waals surface area contributed by atoms with Crippen molar-refractivity contribution in [3.8, 4) is 17.2 Å². The van der Waals surface area contributed by atoms with E-state index < -0.39 is 0 Å². The topological polar surface area (TPSA) is 56.2 Å². The third-order valence-corrected chi connectivity index (χ3v) is 7.11. The van der Waals surface area contributed by atoms with Crippen molar-refractivity contribution in [2.24, 2.45) is 0 Å². The molecule has 3 aromatic rings. The number of aryl methyl sites for hydroxylation is 1. The molecule has 2 aliphatic rings. The van der Waals surface area contributed by atoms with Gasteiger partial charge in [-0.2, -0.15) is 0 Å². The van der Waals surface area contributed by atoms with E-state index in [9.17, 15) is 10.2 Å². The Morgan fingerprint density at radius 3 is 2.47 bits per heavy atom. The zero-order valence-electron chi connectivity index (χ0n) is 19.7. The molecule has 5 rings (SSSR count). The first-order valence-corrected chi connectivity index (χ1v) is 12.5. The van der Waals surface area contributed by atoms with Crippen molar-refractivity contribution in [3.63, 3.8) is 0 Å². The normalized spacial score (nSPS) is 18.5. The number of hydrogen-bond acceptors (Lipinski definition) is 5. The van der Waals surface area contributed by atoms with E-state index in [4.69, 9.17) is 4.74 Å². The molecule has 1 unspecified atom stereocenters. The summed E-state index contributed by atoms with van der Waals surface area (Å²) in [7, 11) is 0. The molecule has 2 heterocycles. The minimum Gasteiger partial charge on any atom is -0.508 e. The van der Waals surface area contributed by atoms with Crippen LogP contribution < -0.4 is 9.64 Å². The van der Waals surface area contributed by atoms with E-state index in [1.807, 2.05) is 30.3 Å². The van der Waals surface area contributed by atoms with Crippen LogP contribution in [0.3, 0.4) is 0 Å². The summed E-state index contributed by atoms with van der Waals surface area (Å²) in [5, 5.41) is 20.8. The Bertz CT molecular complexity index is 1090. The number of piperidine rings is 1. The average molecular weight is 459 g/mol. The first-order chi connectivity index (χ1) is 16.7. The molecule has 2 aliphatic heterocycles. The second-order valence-corrected chi connectivity index (χ2v) is 9.46. The van der Waals surface area contributed by atoms with Crippen molar-refractivity contribution in [1.82, 2.24) is 4.90 Å². The zero-order chi connectivity index (χ0) is 23.3. The number of rotatable bonds is 7. The quantitative estimate of drug-likeness (QED) is 0.479. The number of benzene rings is 3. The molecule has 1 saturated heterocycles. The first kappa shape index (κ1) is 22.6. The largest absolute Gasteiger partial charge is 0.508 e. The highest BCUT2D eigenvalue weighted by Crippen LogP contribution is 2.44. The summed E-state index contributed by atoms with van der Waals surface area (Å²) in [6.07, 6.45) is 5.77. The highest BCUT2D eigenvalue weighted by Gasteiger charge is 2.30. The number of anilines is 1. The van der Waals surface area contributed by atoms with E-state index in [1.54, 1.807) is 12.1 Å². The maximum atomic E-state index is 10.8. The number of likely N-dealkylation sites (tertiary alicyclic amines) is 1. The van der Waals surface area contributed by atoms with Gasteiger partial charge in [-0.3, -0.25) is 4.90 Å². The van der Waals surface area contributed by atoms with E-state index in [1.165, 1.54) is 32.4 Å². The molecule has 1 fully saturated rings. The summed E-state index contributed by atoms with van der Waals surface area (Å²) in [6, 6.07) is 21.7. The van der Waals surface area contributed by atoms with Gasteiger partial charge in [0, 0.05) is 13.1 Å². The Kier molecular flexibility index (Phi) is 6.91. The van der Waals surface area contributed by atoms with Crippen LogP contribution >= 0.6 is 0 Å². The van der Waals surface area contributed by atoms with Crippen LogP contribution in [0.5, 0.6) is 17.2 Å². The van der Waals surface area contributed by atoms with Crippen LogP contribution in [0, 0.1) is 0 Å². The monoisotopic (exact) mass is 458 g/mol.